The van der Waals surface area contributed by atoms with Crippen molar-refractivity contribution in [3.05, 3.63) is 58.7 Å². The number of carbonyl (C=O) groups excluding carboxylic acids is 1. The lowest BCUT2D eigenvalue weighted by Gasteiger charge is -2.22. The number of aryl methyl sites for hydroxylation is 1. The van der Waals surface area contributed by atoms with Gasteiger partial charge in [-0.1, -0.05) is 25.1 Å². The van der Waals surface area contributed by atoms with Crippen LogP contribution >= 0.6 is 0 Å². The number of amides is 1. The maximum atomic E-state index is 12.9. The first kappa shape index (κ1) is 21.8. The Kier molecular flexibility index (Phi) is 6.72. The van der Waals surface area contributed by atoms with Crippen molar-refractivity contribution in [2.75, 3.05) is 24.7 Å². The van der Waals surface area contributed by atoms with Crippen LogP contribution in [0.3, 0.4) is 0 Å². The van der Waals surface area contributed by atoms with Crippen molar-refractivity contribution in [1.82, 2.24) is 5.32 Å². The first-order valence-corrected chi connectivity index (χ1v) is 10.9. The van der Waals surface area contributed by atoms with Gasteiger partial charge in [0.1, 0.15) is 5.75 Å². The zero-order valence-corrected chi connectivity index (χ0v) is 18.1. The van der Waals surface area contributed by atoms with Crippen LogP contribution in [0.4, 0.5) is 5.69 Å². The molecule has 0 fully saturated rings. The van der Waals surface area contributed by atoms with Gasteiger partial charge in [-0.15, -0.1) is 0 Å². The lowest BCUT2D eigenvalue weighted by Crippen LogP contribution is -2.30. The molecule has 7 heteroatoms. The third-order valence-corrected chi connectivity index (χ3v) is 6.11. The highest BCUT2D eigenvalue weighted by Crippen LogP contribution is 2.27. The summed E-state index contributed by atoms with van der Waals surface area (Å²) in [5.74, 6) is 0.568. The zero-order valence-electron chi connectivity index (χ0n) is 17.2. The maximum absolute atomic E-state index is 12.9. The molecule has 2 rings (SSSR count). The summed E-state index contributed by atoms with van der Waals surface area (Å²) in [5, 5.41) is 3.06. The van der Waals surface area contributed by atoms with E-state index in [2.05, 4.69) is 5.32 Å². The van der Waals surface area contributed by atoms with Gasteiger partial charge >= 0.3 is 0 Å². The number of methoxy groups -OCH3 is 1. The third-order valence-electron chi connectivity index (χ3n) is 4.92. The van der Waals surface area contributed by atoms with Crippen LogP contribution in [0.25, 0.3) is 0 Å². The highest BCUT2D eigenvalue weighted by molar-refractivity contribution is 7.92. The molecule has 0 aliphatic rings. The molecule has 2 aromatic carbocycles. The molecule has 0 aliphatic heterocycles. The monoisotopic (exact) mass is 404 g/mol. The van der Waals surface area contributed by atoms with E-state index in [9.17, 15) is 13.2 Å². The summed E-state index contributed by atoms with van der Waals surface area (Å²) in [6.45, 7) is 5.72. The summed E-state index contributed by atoms with van der Waals surface area (Å²) in [4.78, 5) is 12.9. The number of anilines is 1. The predicted molar refractivity (Wildman–Crippen MR) is 113 cm³/mol. The topological polar surface area (TPSA) is 75.7 Å². The SMILES string of the molecule is CC[C@@H](NC(=O)c1cccc(N(C)S(C)(=O)=O)c1C)c1ccc(OC)c(C)c1. The Balaban J connectivity index is 2.32. The first-order chi connectivity index (χ1) is 13.1. The quantitative estimate of drug-likeness (QED) is 0.765. The molecule has 0 saturated heterocycles. The van der Waals surface area contributed by atoms with E-state index in [0.717, 1.165) is 29.6 Å². The summed E-state index contributed by atoms with van der Waals surface area (Å²) < 4.78 is 30.2. The Morgan fingerprint density at radius 2 is 1.89 bits per heavy atom. The molecule has 1 atom stereocenters. The van der Waals surface area contributed by atoms with Crippen molar-refractivity contribution in [2.45, 2.75) is 33.2 Å². The molecule has 0 spiro atoms. The van der Waals surface area contributed by atoms with E-state index in [1.54, 1.807) is 32.2 Å². The molecule has 152 valence electrons. The standard InChI is InChI=1S/C21H28N2O4S/c1-7-18(16-11-12-20(27-5)14(2)13-16)22-21(24)17-9-8-10-19(15(17)3)23(4)28(6,25)26/h8-13,18H,7H2,1-6H3,(H,22,24)/t18-/m1/s1. The van der Waals surface area contributed by atoms with Crippen molar-refractivity contribution in [3.8, 4) is 5.75 Å². The number of hydrogen-bond acceptors (Lipinski definition) is 4. The number of benzene rings is 2. The molecule has 0 radical (unpaired) electrons. The van der Waals surface area contributed by atoms with Crippen LogP contribution in [0.15, 0.2) is 36.4 Å². The minimum atomic E-state index is -3.41. The van der Waals surface area contributed by atoms with Crippen molar-refractivity contribution in [1.29, 1.82) is 0 Å². The molecule has 2 aromatic rings. The third kappa shape index (κ3) is 4.65. The van der Waals surface area contributed by atoms with Gasteiger partial charge in [0.25, 0.3) is 5.91 Å². The number of carbonyl (C=O) groups is 1. The fourth-order valence-electron chi connectivity index (χ4n) is 3.16. The summed E-state index contributed by atoms with van der Waals surface area (Å²) in [6, 6.07) is 10.8. The highest BCUT2D eigenvalue weighted by atomic mass is 32.2. The van der Waals surface area contributed by atoms with E-state index >= 15 is 0 Å². The van der Waals surface area contributed by atoms with E-state index in [1.807, 2.05) is 32.0 Å². The molecule has 0 aromatic heterocycles. The summed E-state index contributed by atoms with van der Waals surface area (Å²) in [7, 11) is -0.303. The molecule has 0 bridgehead atoms. The Hall–Kier alpha value is -2.54. The predicted octanol–water partition coefficient (Wildman–Crippen LogP) is 3.59. The molecule has 28 heavy (non-hydrogen) atoms. The molecule has 0 aliphatic carbocycles. The average molecular weight is 405 g/mol. The first-order valence-electron chi connectivity index (χ1n) is 9.09. The van der Waals surface area contributed by atoms with Crippen molar-refractivity contribution in [2.24, 2.45) is 0 Å². The maximum Gasteiger partial charge on any atom is 0.252 e. The van der Waals surface area contributed by atoms with Crippen LogP contribution in [-0.2, 0) is 10.0 Å². The molecule has 6 nitrogen and oxygen atoms in total. The van der Waals surface area contributed by atoms with Gasteiger partial charge in [0, 0.05) is 12.6 Å². The largest absolute Gasteiger partial charge is 0.496 e. The molecule has 0 unspecified atom stereocenters. The molecular formula is C21H28N2O4S. The van der Waals surface area contributed by atoms with Gasteiger partial charge in [0.2, 0.25) is 10.0 Å². The van der Waals surface area contributed by atoms with Gasteiger partial charge in [-0.05, 0) is 55.2 Å². The minimum Gasteiger partial charge on any atom is -0.496 e. The number of rotatable bonds is 7. The van der Waals surface area contributed by atoms with E-state index in [0.29, 0.717) is 16.8 Å². The van der Waals surface area contributed by atoms with Crippen molar-refractivity contribution < 1.29 is 17.9 Å². The normalized spacial score (nSPS) is 12.4. The van der Waals surface area contributed by atoms with Gasteiger partial charge in [0.15, 0.2) is 0 Å². The number of nitrogens with one attached hydrogen (secondary N) is 1. The second-order valence-corrected chi connectivity index (χ2v) is 8.86. The molecule has 0 heterocycles. The summed E-state index contributed by atoms with van der Waals surface area (Å²) in [5.41, 5.74) is 3.56. The number of ether oxygens (including phenoxy) is 1. The van der Waals surface area contributed by atoms with Crippen molar-refractivity contribution in [3.63, 3.8) is 0 Å². The Bertz CT molecular complexity index is 970. The van der Waals surface area contributed by atoms with Crippen LogP contribution in [0, 0.1) is 13.8 Å². The van der Waals surface area contributed by atoms with Crippen LogP contribution in [0.1, 0.15) is 46.4 Å². The minimum absolute atomic E-state index is 0.159. The molecule has 0 saturated carbocycles. The molecule has 1 N–H and O–H groups in total. The zero-order chi connectivity index (χ0) is 21.1. The second kappa shape index (κ2) is 8.65. The fourth-order valence-corrected chi connectivity index (χ4v) is 3.72. The highest BCUT2D eigenvalue weighted by Gasteiger charge is 2.20. The van der Waals surface area contributed by atoms with E-state index in [1.165, 1.54) is 11.4 Å². The van der Waals surface area contributed by atoms with Crippen LogP contribution in [0.5, 0.6) is 5.75 Å². The Labute approximate surface area is 167 Å². The van der Waals surface area contributed by atoms with E-state index in [4.69, 9.17) is 4.74 Å². The van der Waals surface area contributed by atoms with E-state index < -0.39 is 10.0 Å². The van der Waals surface area contributed by atoms with Gasteiger partial charge < -0.3 is 10.1 Å². The Morgan fingerprint density at radius 3 is 2.43 bits per heavy atom. The number of sulfonamides is 1. The smallest absolute Gasteiger partial charge is 0.252 e. The van der Waals surface area contributed by atoms with Gasteiger partial charge in [0.05, 0.1) is 25.1 Å². The second-order valence-electron chi connectivity index (χ2n) is 6.84. The van der Waals surface area contributed by atoms with Crippen LogP contribution in [-0.4, -0.2) is 34.7 Å². The van der Waals surface area contributed by atoms with Gasteiger partial charge in [-0.3, -0.25) is 9.10 Å². The fraction of sp³-hybridized carbons (Fsp3) is 0.381. The van der Waals surface area contributed by atoms with Crippen molar-refractivity contribution >= 4 is 21.6 Å². The summed E-state index contributed by atoms with van der Waals surface area (Å²) >= 11 is 0. The number of nitrogens with zero attached hydrogens (tertiary/aromatic N) is 1. The number of hydrogen-bond donors (Lipinski definition) is 1. The van der Waals surface area contributed by atoms with Crippen LogP contribution in [0.2, 0.25) is 0 Å². The molecule has 1 amide bonds. The Morgan fingerprint density at radius 1 is 1.21 bits per heavy atom. The van der Waals surface area contributed by atoms with Crippen LogP contribution < -0.4 is 14.4 Å². The lowest BCUT2D eigenvalue weighted by atomic mass is 10.00. The van der Waals surface area contributed by atoms with Gasteiger partial charge in [-0.25, -0.2) is 8.42 Å². The summed E-state index contributed by atoms with van der Waals surface area (Å²) in [6.07, 6.45) is 1.86. The van der Waals surface area contributed by atoms with Gasteiger partial charge in [-0.2, -0.15) is 0 Å². The molecular weight excluding hydrogens is 376 g/mol. The average Bonchev–Trinajstić information content (AvgIpc) is 2.64. The lowest BCUT2D eigenvalue weighted by molar-refractivity contribution is 0.0935. The van der Waals surface area contributed by atoms with E-state index in [-0.39, 0.29) is 11.9 Å².